The van der Waals surface area contributed by atoms with Crippen molar-refractivity contribution < 1.29 is 24.5 Å². The van der Waals surface area contributed by atoms with Crippen molar-refractivity contribution in [2.45, 2.75) is 74.1 Å². The second-order valence-electron chi connectivity index (χ2n) is 14.3. The second kappa shape index (κ2) is 13.2. The Morgan fingerprint density at radius 2 is 1.65 bits per heavy atom. The van der Waals surface area contributed by atoms with Gasteiger partial charge >= 0.3 is 11.9 Å². The maximum absolute atomic E-state index is 12.6. The number of allylic oxidation sites excluding steroid dienone is 12. The minimum Gasteiger partial charge on any atom is -0.511 e. The van der Waals surface area contributed by atoms with E-state index in [2.05, 4.69) is 58.1 Å². The lowest BCUT2D eigenvalue weighted by atomic mass is 9.83. The molecule has 0 aromatic heterocycles. The van der Waals surface area contributed by atoms with Crippen LogP contribution in [-0.4, -0.2) is 46.4 Å². The van der Waals surface area contributed by atoms with Crippen molar-refractivity contribution >= 4 is 34.6 Å². The van der Waals surface area contributed by atoms with Crippen molar-refractivity contribution in [3.05, 3.63) is 132 Å². The molecule has 7 rings (SSSR count). The predicted molar refractivity (Wildman–Crippen MR) is 205 cm³/mol. The standard InChI is InChI=1S/C43H44N4O5/c1-9-27-22(4)31-18-34-28(10-12-36(49)50)23(5)40(46-34)39(26-15-20(2)14-21(3)16-26)41-24(6)29(11-13-37(51)52-8)42(47-41)30-17-35(48)38-25(7)32(45-43(30)38)19-33(27)44-31/h10,12,14-16,18-19,24,29,47-48H,9,11,13,17H2,1-8H3,(H,49,50)/b12-10-,33-19?,34-18?,41-39?,42-30?/t24-,29-/m0/s1. The molecule has 5 aliphatic heterocycles. The number of aliphatic hydroxyl groups excluding tert-OH is 1. The summed E-state index contributed by atoms with van der Waals surface area (Å²) in [4.78, 5) is 40.0. The number of methoxy groups -OCH3 is 1. The minimum atomic E-state index is -1.05. The molecule has 5 heterocycles. The minimum absolute atomic E-state index is 0.0956. The first-order valence-electron chi connectivity index (χ1n) is 17.9. The number of hydrogen-bond donors (Lipinski definition) is 3. The Morgan fingerprint density at radius 3 is 2.33 bits per heavy atom. The van der Waals surface area contributed by atoms with Crippen LogP contribution in [0.1, 0.15) is 77.0 Å². The molecular weight excluding hydrogens is 652 g/mol. The van der Waals surface area contributed by atoms with Gasteiger partial charge in [0, 0.05) is 64.4 Å². The molecule has 0 saturated carbocycles. The van der Waals surface area contributed by atoms with Crippen molar-refractivity contribution in [2.24, 2.45) is 26.8 Å². The van der Waals surface area contributed by atoms with Crippen LogP contribution in [0.25, 0.3) is 5.57 Å². The largest absolute Gasteiger partial charge is 0.511 e. The number of aryl methyl sites for hydroxylation is 2. The fraction of sp³-hybridized carbons (Fsp3) is 0.326. The summed E-state index contributed by atoms with van der Waals surface area (Å²) in [5.74, 6) is -1.27. The number of nitrogens with one attached hydrogen (secondary N) is 1. The van der Waals surface area contributed by atoms with Gasteiger partial charge in [-0.1, -0.05) is 43.2 Å². The molecule has 1 aromatic rings. The smallest absolute Gasteiger partial charge is 0.328 e. The monoisotopic (exact) mass is 696 g/mol. The number of aliphatic imine (C=N–C) groups is 3. The first-order valence-corrected chi connectivity index (χ1v) is 17.9. The number of esters is 1. The van der Waals surface area contributed by atoms with Crippen LogP contribution in [0, 0.1) is 25.7 Å². The zero-order valence-electron chi connectivity index (χ0n) is 31.0. The van der Waals surface area contributed by atoms with Crippen molar-refractivity contribution in [2.75, 3.05) is 7.11 Å². The third kappa shape index (κ3) is 5.78. The topological polar surface area (TPSA) is 133 Å². The molecule has 3 N–H and O–H groups in total. The summed E-state index contributed by atoms with van der Waals surface area (Å²) in [5.41, 5.74) is 16.6. The number of aliphatic hydroxyl groups is 1. The van der Waals surface area contributed by atoms with Crippen LogP contribution in [0.4, 0.5) is 0 Å². The summed E-state index contributed by atoms with van der Waals surface area (Å²) in [6.07, 6.45) is 8.57. The molecule has 0 radical (unpaired) electrons. The molecule has 0 amide bonds. The number of nitrogens with zero attached hydrogens (tertiary/aromatic N) is 3. The number of rotatable bonds is 7. The van der Waals surface area contributed by atoms with Gasteiger partial charge in [-0.05, 0) is 93.5 Å². The Morgan fingerprint density at radius 1 is 0.923 bits per heavy atom. The summed E-state index contributed by atoms with van der Waals surface area (Å²) >= 11 is 0. The van der Waals surface area contributed by atoms with E-state index in [1.54, 1.807) is 6.08 Å². The molecule has 2 atom stereocenters. The van der Waals surface area contributed by atoms with Crippen LogP contribution in [0.5, 0.6) is 0 Å². The van der Waals surface area contributed by atoms with E-state index >= 15 is 0 Å². The molecule has 0 spiro atoms. The Balaban J connectivity index is 1.58. The van der Waals surface area contributed by atoms with Gasteiger partial charge in [-0.2, -0.15) is 0 Å². The third-order valence-electron chi connectivity index (χ3n) is 11.0. The van der Waals surface area contributed by atoms with Gasteiger partial charge in [0.15, 0.2) is 0 Å². The van der Waals surface area contributed by atoms with E-state index < -0.39 is 5.97 Å². The Kier molecular flexibility index (Phi) is 8.85. The van der Waals surface area contributed by atoms with Crippen molar-refractivity contribution in [1.82, 2.24) is 5.32 Å². The number of fused-ring (bicyclic) bond motifs is 5. The Hall–Kier alpha value is -5.57. The van der Waals surface area contributed by atoms with E-state index in [1.165, 1.54) is 7.11 Å². The van der Waals surface area contributed by atoms with Gasteiger partial charge < -0.3 is 20.3 Å². The number of carbonyl (C=O) groups excluding carboxylic acids is 1. The van der Waals surface area contributed by atoms with Crippen molar-refractivity contribution in [3.63, 3.8) is 0 Å². The van der Waals surface area contributed by atoms with E-state index in [-0.39, 0.29) is 30.0 Å². The highest BCUT2D eigenvalue weighted by Gasteiger charge is 2.43. The highest BCUT2D eigenvalue weighted by molar-refractivity contribution is 6.34. The molecule has 1 saturated heterocycles. The highest BCUT2D eigenvalue weighted by Crippen LogP contribution is 2.48. The van der Waals surface area contributed by atoms with Crippen LogP contribution in [0.3, 0.4) is 0 Å². The van der Waals surface area contributed by atoms with Crippen molar-refractivity contribution in [3.8, 4) is 0 Å². The maximum Gasteiger partial charge on any atom is 0.328 e. The summed E-state index contributed by atoms with van der Waals surface area (Å²) < 4.78 is 5.08. The van der Waals surface area contributed by atoms with Crippen LogP contribution in [0.2, 0.25) is 0 Å². The lowest BCUT2D eigenvalue weighted by molar-refractivity contribution is -0.141. The molecule has 266 valence electrons. The summed E-state index contributed by atoms with van der Waals surface area (Å²) in [7, 11) is 1.41. The number of carboxylic acids is 1. The van der Waals surface area contributed by atoms with Gasteiger partial charge in [0.05, 0.1) is 41.3 Å². The molecule has 8 bridgehead atoms. The van der Waals surface area contributed by atoms with Crippen LogP contribution >= 0.6 is 0 Å². The average Bonchev–Trinajstić information content (AvgIpc) is 3.85. The van der Waals surface area contributed by atoms with Crippen LogP contribution < -0.4 is 5.32 Å². The maximum atomic E-state index is 12.6. The van der Waals surface area contributed by atoms with E-state index in [0.29, 0.717) is 24.1 Å². The van der Waals surface area contributed by atoms with E-state index in [4.69, 9.17) is 19.7 Å². The van der Waals surface area contributed by atoms with Gasteiger partial charge in [-0.15, -0.1) is 0 Å². The lowest BCUT2D eigenvalue weighted by Gasteiger charge is -2.19. The fourth-order valence-electron chi connectivity index (χ4n) is 8.44. The SMILES string of the molecule is CCC1=C(C)C2=NC1=CC1=C(C)C3=C(O)CC(=C4NC(=C(c5cc(C)cc(C)c5)C5=NC(=C2)C(/C=C\C(=O)O)=C5C)[C@@H](C)[C@@H]4CCC(=O)OC)C3=N1. The number of benzene rings is 1. The van der Waals surface area contributed by atoms with Gasteiger partial charge in [-0.25, -0.2) is 19.8 Å². The number of carboxylic acid groups (broad SMARTS) is 1. The lowest BCUT2D eigenvalue weighted by Crippen LogP contribution is -2.16. The molecule has 52 heavy (non-hydrogen) atoms. The Bertz CT molecular complexity index is 2250. The van der Waals surface area contributed by atoms with Gasteiger partial charge in [0.1, 0.15) is 5.76 Å². The zero-order valence-corrected chi connectivity index (χ0v) is 31.0. The van der Waals surface area contributed by atoms with E-state index in [1.807, 2.05) is 26.0 Å². The first kappa shape index (κ1) is 34.9. The summed E-state index contributed by atoms with van der Waals surface area (Å²) in [6.45, 7) is 14.5. The van der Waals surface area contributed by atoms with Gasteiger partial charge in [0.25, 0.3) is 0 Å². The highest BCUT2D eigenvalue weighted by atomic mass is 16.5. The molecule has 9 heteroatoms. The molecule has 6 aliphatic rings. The normalized spacial score (nSPS) is 22.5. The zero-order chi connectivity index (χ0) is 37.2. The number of aliphatic carboxylic acids is 1. The third-order valence-corrected chi connectivity index (χ3v) is 11.0. The quantitative estimate of drug-likeness (QED) is 0.194. The van der Waals surface area contributed by atoms with Gasteiger partial charge in [0.2, 0.25) is 0 Å². The molecule has 9 nitrogen and oxygen atoms in total. The second-order valence-corrected chi connectivity index (χ2v) is 14.3. The summed E-state index contributed by atoms with van der Waals surface area (Å²) in [6, 6.07) is 6.44. The fourth-order valence-corrected chi connectivity index (χ4v) is 8.44. The Labute approximate surface area is 304 Å². The first-order chi connectivity index (χ1) is 24.8. The van der Waals surface area contributed by atoms with Crippen molar-refractivity contribution in [1.29, 1.82) is 0 Å². The molecule has 1 fully saturated rings. The molecule has 1 aromatic carbocycles. The number of carbonyl (C=O) groups is 2. The number of hydrogen-bond acceptors (Lipinski definition) is 8. The van der Waals surface area contributed by atoms with E-state index in [9.17, 15) is 19.8 Å². The average molecular weight is 697 g/mol. The summed E-state index contributed by atoms with van der Waals surface area (Å²) in [5, 5.41) is 25.0. The van der Waals surface area contributed by atoms with Crippen LogP contribution in [0.15, 0.2) is 131 Å². The van der Waals surface area contributed by atoms with Gasteiger partial charge in [-0.3, -0.25) is 4.79 Å². The predicted octanol–water partition coefficient (Wildman–Crippen LogP) is 8.40. The number of ether oxygens (including phenoxy) is 1. The van der Waals surface area contributed by atoms with E-state index in [0.717, 1.165) is 108 Å². The molecular formula is C43H44N4O5. The molecule has 1 aliphatic carbocycles. The molecule has 0 unspecified atom stereocenters. The van der Waals surface area contributed by atoms with Crippen LogP contribution in [-0.2, 0) is 14.3 Å².